The fourth-order valence-corrected chi connectivity index (χ4v) is 7.26. The molecule has 0 saturated carbocycles. The number of hydrogen-bond acceptors (Lipinski definition) is 11. The molecule has 2 aliphatic heterocycles. The largest absolute Gasteiger partial charge is 0.492 e. The van der Waals surface area contributed by atoms with Gasteiger partial charge in [0.2, 0.25) is 0 Å². The molecule has 1 aromatic rings. The summed E-state index contributed by atoms with van der Waals surface area (Å²) in [5, 5.41) is 9.99. The van der Waals surface area contributed by atoms with Crippen molar-refractivity contribution in [3.05, 3.63) is 33.1 Å². The lowest BCUT2D eigenvalue weighted by Crippen LogP contribution is -2.31. The number of phosphoric acid groups is 3. The first kappa shape index (κ1) is 20.8. The molecule has 2 fully saturated rings. The molecule has 15 nitrogen and oxygen atoms in total. The minimum Gasteiger partial charge on any atom is -0.390 e. The van der Waals surface area contributed by atoms with E-state index >= 15 is 0 Å². The topological polar surface area (TPSA) is 213 Å². The van der Waals surface area contributed by atoms with Gasteiger partial charge in [-0.1, -0.05) is 0 Å². The number of nitrogens with one attached hydrogen (secondary N) is 1. The molecule has 2 saturated heterocycles. The zero-order valence-corrected chi connectivity index (χ0v) is 15.7. The van der Waals surface area contributed by atoms with Crippen molar-refractivity contribution in [1.29, 1.82) is 0 Å². The van der Waals surface area contributed by atoms with Gasteiger partial charge in [0, 0.05) is 18.7 Å². The van der Waals surface area contributed by atoms with Crippen molar-refractivity contribution >= 4 is 23.5 Å². The Morgan fingerprint density at radius 2 is 1.81 bits per heavy atom. The van der Waals surface area contributed by atoms with Gasteiger partial charge in [-0.15, -0.1) is 0 Å². The molecular formula is C9H13N2O13P3. The highest BCUT2D eigenvalue weighted by atomic mass is 31.3. The number of aliphatic hydroxyl groups excluding tert-OH is 1. The Hall–Kier alpha value is -0.950. The second-order valence-electron chi connectivity index (χ2n) is 5.37. The number of aromatic nitrogens is 2. The fourth-order valence-electron chi connectivity index (χ4n) is 2.33. The quantitative estimate of drug-likeness (QED) is 0.429. The summed E-state index contributed by atoms with van der Waals surface area (Å²) in [6.45, 7) is -0.757. The van der Waals surface area contributed by atoms with E-state index in [4.69, 9.17) is 14.5 Å². The summed E-state index contributed by atoms with van der Waals surface area (Å²) >= 11 is 0. The molecule has 5 atom stereocenters. The third-order valence-corrected chi connectivity index (χ3v) is 8.74. The number of aliphatic hydroxyl groups is 1. The fraction of sp³-hybridized carbons (Fsp3) is 0.556. The van der Waals surface area contributed by atoms with Crippen molar-refractivity contribution in [2.24, 2.45) is 0 Å². The van der Waals surface area contributed by atoms with Gasteiger partial charge in [-0.2, -0.15) is 12.9 Å². The molecule has 1 aromatic heterocycles. The van der Waals surface area contributed by atoms with E-state index in [0.29, 0.717) is 0 Å². The molecule has 0 spiro atoms. The van der Waals surface area contributed by atoms with Crippen molar-refractivity contribution in [3.63, 3.8) is 0 Å². The molecule has 2 aliphatic rings. The highest BCUT2D eigenvalue weighted by molar-refractivity contribution is 7.74. The summed E-state index contributed by atoms with van der Waals surface area (Å²) in [6.07, 6.45) is -2.46. The van der Waals surface area contributed by atoms with E-state index in [9.17, 15) is 28.4 Å². The van der Waals surface area contributed by atoms with E-state index in [-0.39, 0.29) is 6.42 Å². The molecule has 4 N–H and O–H groups in total. The van der Waals surface area contributed by atoms with Gasteiger partial charge in [0.15, 0.2) is 0 Å². The Kier molecular flexibility index (Phi) is 5.49. The van der Waals surface area contributed by atoms with Crippen LogP contribution in [-0.4, -0.2) is 43.3 Å². The maximum Gasteiger partial charge on any atom is 0.492 e. The van der Waals surface area contributed by atoms with Crippen molar-refractivity contribution < 1.29 is 50.8 Å². The van der Waals surface area contributed by atoms with E-state index in [2.05, 4.69) is 17.5 Å². The van der Waals surface area contributed by atoms with Crippen molar-refractivity contribution in [3.8, 4) is 0 Å². The molecular weight excluding hydrogens is 437 g/mol. The minimum atomic E-state index is -5.19. The summed E-state index contributed by atoms with van der Waals surface area (Å²) in [5.74, 6) is 0. The Bertz CT molecular complexity index is 958. The molecule has 0 aliphatic carbocycles. The summed E-state index contributed by atoms with van der Waals surface area (Å²) in [5.41, 5.74) is -1.43. The lowest BCUT2D eigenvalue weighted by molar-refractivity contribution is -0.0455. The van der Waals surface area contributed by atoms with Crippen LogP contribution in [0.15, 0.2) is 21.9 Å². The molecule has 3 heterocycles. The second kappa shape index (κ2) is 7.14. The summed E-state index contributed by atoms with van der Waals surface area (Å²) in [7, 11) is -15.4. The van der Waals surface area contributed by atoms with Crippen LogP contribution in [-0.2, 0) is 35.9 Å². The van der Waals surface area contributed by atoms with Gasteiger partial charge in [0.25, 0.3) is 5.56 Å². The van der Waals surface area contributed by atoms with E-state index in [1.807, 2.05) is 4.98 Å². The van der Waals surface area contributed by atoms with Crippen LogP contribution in [0.5, 0.6) is 0 Å². The zero-order valence-electron chi connectivity index (χ0n) is 13.0. The molecule has 0 bridgehead atoms. The van der Waals surface area contributed by atoms with Crippen LogP contribution in [0.1, 0.15) is 12.6 Å². The first-order valence-corrected chi connectivity index (χ1v) is 11.5. The minimum absolute atomic E-state index is 0.119. The molecule has 18 heteroatoms. The van der Waals surface area contributed by atoms with Gasteiger partial charge in [-0.25, -0.2) is 18.5 Å². The number of aromatic amines is 1. The van der Waals surface area contributed by atoms with E-state index in [0.717, 1.165) is 16.8 Å². The third kappa shape index (κ3) is 4.91. The SMILES string of the molecule is O=c1ccn(C2CC(O)C(COP3(=O)OP(=O)(O)OP(=O)(O)O3)O2)c(=O)[nH]1. The smallest absolute Gasteiger partial charge is 0.390 e. The predicted octanol–water partition coefficient (Wildman–Crippen LogP) is -0.426. The molecule has 5 unspecified atom stereocenters. The Morgan fingerprint density at radius 1 is 1.19 bits per heavy atom. The van der Waals surface area contributed by atoms with Crippen LogP contribution in [0.2, 0.25) is 0 Å². The molecule has 0 amide bonds. The van der Waals surface area contributed by atoms with Gasteiger partial charge >= 0.3 is 29.2 Å². The number of ether oxygens (including phenoxy) is 1. The van der Waals surface area contributed by atoms with E-state index in [1.54, 1.807) is 0 Å². The first-order chi connectivity index (χ1) is 12.4. The van der Waals surface area contributed by atoms with Crippen LogP contribution in [0.3, 0.4) is 0 Å². The molecule has 152 valence electrons. The third-order valence-electron chi connectivity index (χ3n) is 3.38. The summed E-state index contributed by atoms with van der Waals surface area (Å²) < 4.78 is 57.7. The van der Waals surface area contributed by atoms with Gasteiger partial charge < -0.3 is 19.6 Å². The molecule has 3 rings (SSSR count). The molecule has 27 heavy (non-hydrogen) atoms. The van der Waals surface area contributed by atoms with Crippen LogP contribution >= 0.6 is 23.5 Å². The van der Waals surface area contributed by atoms with Gasteiger partial charge in [0.1, 0.15) is 12.3 Å². The number of nitrogens with zero attached hydrogens (tertiary/aromatic N) is 1. The van der Waals surface area contributed by atoms with Crippen molar-refractivity contribution in [2.45, 2.75) is 24.9 Å². The average molecular weight is 450 g/mol. The maximum absolute atomic E-state index is 12.1. The Labute approximate surface area is 149 Å². The first-order valence-electron chi connectivity index (χ1n) is 7.07. The molecule has 0 aromatic carbocycles. The highest BCUT2D eigenvalue weighted by Gasteiger charge is 2.54. The van der Waals surface area contributed by atoms with Crippen molar-refractivity contribution in [1.82, 2.24) is 9.55 Å². The predicted molar refractivity (Wildman–Crippen MR) is 82.3 cm³/mol. The molecule has 0 radical (unpaired) electrons. The lowest BCUT2D eigenvalue weighted by Gasteiger charge is -2.27. The van der Waals surface area contributed by atoms with Crippen LogP contribution < -0.4 is 11.2 Å². The Balaban J connectivity index is 1.69. The monoisotopic (exact) mass is 450 g/mol. The normalized spacial score (nSPS) is 42.3. The summed E-state index contributed by atoms with van der Waals surface area (Å²) in [4.78, 5) is 43.1. The number of hydrogen-bond donors (Lipinski definition) is 4. The number of rotatable bonds is 4. The van der Waals surface area contributed by atoms with Crippen LogP contribution in [0.25, 0.3) is 0 Å². The second-order valence-corrected chi connectivity index (χ2v) is 10.4. The summed E-state index contributed by atoms with van der Waals surface area (Å²) in [6, 6.07) is 1.06. The maximum atomic E-state index is 12.1. The van der Waals surface area contributed by atoms with Gasteiger partial charge in [-0.05, 0) is 0 Å². The highest BCUT2D eigenvalue weighted by Crippen LogP contribution is 2.79. The lowest BCUT2D eigenvalue weighted by atomic mass is 10.2. The average Bonchev–Trinajstić information content (AvgIpc) is 2.82. The van der Waals surface area contributed by atoms with Crippen molar-refractivity contribution in [2.75, 3.05) is 6.61 Å². The van der Waals surface area contributed by atoms with Crippen LogP contribution in [0, 0.1) is 0 Å². The zero-order chi connectivity index (χ0) is 20.0. The standard InChI is InChI=1S/C9H13N2O13P3/c12-5-3-8(11-2-1-7(13)10-9(11)14)21-6(5)4-20-27(19)23-25(15,16)22-26(17,18)24-27/h1-2,5-6,8,12H,3-4H2,(H,15,16)(H,17,18)(H,10,13,14). The van der Waals surface area contributed by atoms with Gasteiger partial charge in [-0.3, -0.25) is 18.9 Å². The van der Waals surface area contributed by atoms with E-state index in [1.165, 1.54) is 0 Å². The van der Waals surface area contributed by atoms with E-state index < -0.39 is 59.8 Å². The number of H-pyrrole nitrogens is 1. The Morgan fingerprint density at radius 3 is 2.41 bits per heavy atom. The van der Waals surface area contributed by atoms with Crippen LogP contribution in [0.4, 0.5) is 0 Å². The van der Waals surface area contributed by atoms with Gasteiger partial charge in [0.05, 0.1) is 12.7 Å².